The van der Waals surface area contributed by atoms with Crippen molar-refractivity contribution in [1.29, 1.82) is 0 Å². The summed E-state index contributed by atoms with van der Waals surface area (Å²) in [6.07, 6.45) is 8.30. The van der Waals surface area contributed by atoms with Gasteiger partial charge in [0.2, 0.25) is 0 Å². The summed E-state index contributed by atoms with van der Waals surface area (Å²) in [5, 5.41) is 0.237. The van der Waals surface area contributed by atoms with Gasteiger partial charge in [0.05, 0.1) is 12.2 Å². The Labute approximate surface area is 161 Å². The number of alkyl halides is 1. The van der Waals surface area contributed by atoms with Gasteiger partial charge in [-0.15, -0.1) is 0 Å². The molecule has 138 valence electrons. The van der Waals surface area contributed by atoms with Gasteiger partial charge in [0, 0.05) is 0 Å². The molecule has 0 aromatic carbocycles. The fourth-order valence-corrected chi connectivity index (χ4v) is 5.12. The van der Waals surface area contributed by atoms with Crippen molar-refractivity contribution in [2.75, 3.05) is 4.43 Å². The summed E-state index contributed by atoms with van der Waals surface area (Å²) >= 11 is 2.43. The molecule has 0 aliphatic heterocycles. The summed E-state index contributed by atoms with van der Waals surface area (Å²) in [5.74, 6) is 0. The molecular formula is C18H39IO2Si2. The summed E-state index contributed by atoms with van der Waals surface area (Å²) in [7, 11) is -3.34. The van der Waals surface area contributed by atoms with Gasteiger partial charge in [-0.3, -0.25) is 0 Å². The van der Waals surface area contributed by atoms with Gasteiger partial charge in [0.25, 0.3) is 0 Å². The number of allylic oxidation sites excluding steroid dienone is 1. The lowest BCUT2D eigenvalue weighted by molar-refractivity contribution is 0.0530. The molecule has 2 atom stereocenters. The monoisotopic (exact) mass is 470 g/mol. The lowest BCUT2D eigenvalue weighted by atomic mass is 10.1. The van der Waals surface area contributed by atoms with Crippen molar-refractivity contribution in [2.45, 2.75) is 96.9 Å². The second-order valence-electron chi connectivity index (χ2n) is 8.89. The summed E-state index contributed by atoms with van der Waals surface area (Å²) in [6.45, 7) is 20.5. The Bertz CT molecular complexity index is 357. The van der Waals surface area contributed by atoms with Crippen LogP contribution in [0.25, 0.3) is 0 Å². The fourth-order valence-electron chi connectivity index (χ4n) is 2.05. The van der Waals surface area contributed by atoms with Crippen molar-refractivity contribution in [2.24, 2.45) is 0 Å². The third kappa shape index (κ3) is 10.4. The molecule has 0 amide bonds. The van der Waals surface area contributed by atoms with Gasteiger partial charge in [0.1, 0.15) is 0 Å². The van der Waals surface area contributed by atoms with E-state index in [1.165, 1.54) is 17.3 Å². The summed E-state index contributed by atoms with van der Waals surface area (Å²) < 4.78 is 14.3. The van der Waals surface area contributed by atoms with Gasteiger partial charge in [-0.2, -0.15) is 0 Å². The third-order valence-corrected chi connectivity index (χ3v) is 10.7. The Balaban J connectivity index is 4.87. The minimum atomic E-state index is -1.76. The van der Waals surface area contributed by atoms with E-state index in [0.717, 1.165) is 6.42 Å². The van der Waals surface area contributed by atoms with E-state index in [4.69, 9.17) is 8.85 Å². The zero-order chi connectivity index (χ0) is 18.3. The SMILES string of the molecule is C[C@@H](O[Si](C)(C)C(C)(C)C)[C@H](C/C=C\CCCI)O[Si](C)(C)C. The quantitative estimate of drug-likeness (QED) is 0.115. The molecule has 0 bridgehead atoms. The van der Waals surface area contributed by atoms with Crippen molar-refractivity contribution < 1.29 is 8.85 Å². The molecule has 2 nitrogen and oxygen atoms in total. The zero-order valence-corrected chi connectivity index (χ0v) is 21.0. The highest BCUT2D eigenvalue weighted by Crippen LogP contribution is 2.38. The number of hydrogen-bond acceptors (Lipinski definition) is 2. The smallest absolute Gasteiger partial charge is 0.192 e. The fraction of sp³-hybridized carbons (Fsp3) is 0.889. The first-order valence-corrected chi connectivity index (χ1v) is 16.7. The maximum absolute atomic E-state index is 6.59. The van der Waals surface area contributed by atoms with E-state index in [1.54, 1.807) is 0 Å². The van der Waals surface area contributed by atoms with Crippen LogP contribution in [0.3, 0.4) is 0 Å². The largest absolute Gasteiger partial charge is 0.412 e. The van der Waals surface area contributed by atoms with Crippen LogP contribution in [-0.4, -0.2) is 33.3 Å². The minimum Gasteiger partial charge on any atom is -0.412 e. The minimum absolute atomic E-state index is 0.150. The second kappa shape index (κ2) is 10.1. The Morgan fingerprint density at radius 3 is 2.00 bits per heavy atom. The highest BCUT2D eigenvalue weighted by Gasteiger charge is 2.40. The highest BCUT2D eigenvalue weighted by atomic mass is 127. The van der Waals surface area contributed by atoms with E-state index in [2.05, 4.69) is 95.2 Å². The Morgan fingerprint density at radius 2 is 1.57 bits per heavy atom. The van der Waals surface area contributed by atoms with E-state index < -0.39 is 16.6 Å². The van der Waals surface area contributed by atoms with E-state index in [-0.39, 0.29) is 17.2 Å². The van der Waals surface area contributed by atoms with Crippen molar-refractivity contribution >= 4 is 39.2 Å². The number of halogens is 1. The summed E-state index contributed by atoms with van der Waals surface area (Å²) in [4.78, 5) is 0. The van der Waals surface area contributed by atoms with Gasteiger partial charge < -0.3 is 8.85 Å². The summed E-state index contributed by atoms with van der Waals surface area (Å²) in [6, 6.07) is 0. The molecule has 5 heteroatoms. The summed E-state index contributed by atoms with van der Waals surface area (Å²) in [5.41, 5.74) is 0. The van der Waals surface area contributed by atoms with Crippen molar-refractivity contribution in [3.05, 3.63) is 12.2 Å². The average Bonchev–Trinajstić information content (AvgIpc) is 2.33. The van der Waals surface area contributed by atoms with Gasteiger partial charge >= 0.3 is 0 Å². The third-order valence-electron chi connectivity index (χ3n) is 4.35. The number of hydrogen-bond donors (Lipinski definition) is 0. The lowest BCUT2D eigenvalue weighted by Crippen LogP contribution is -2.48. The van der Waals surface area contributed by atoms with Crippen LogP contribution in [0.5, 0.6) is 0 Å². The van der Waals surface area contributed by atoms with Crippen molar-refractivity contribution in [3.8, 4) is 0 Å². The van der Waals surface area contributed by atoms with Crippen LogP contribution in [0.2, 0.25) is 37.8 Å². The molecule has 0 N–H and O–H groups in total. The van der Waals surface area contributed by atoms with E-state index >= 15 is 0 Å². The van der Waals surface area contributed by atoms with Crippen LogP contribution in [0.15, 0.2) is 12.2 Å². The van der Waals surface area contributed by atoms with E-state index in [1.807, 2.05) is 0 Å². The maximum atomic E-state index is 6.59. The Kier molecular flexibility index (Phi) is 10.5. The Morgan fingerprint density at radius 1 is 1.00 bits per heavy atom. The molecule has 0 radical (unpaired) electrons. The molecule has 0 saturated heterocycles. The van der Waals surface area contributed by atoms with Crippen LogP contribution in [0.1, 0.15) is 47.0 Å². The van der Waals surface area contributed by atoms with Gasteiger partial charge in [-0.25, -0.2) is 0 Å². The Hall–Kier alpha value is 0.824. The zero-order valence-electron chi connectivity index (χ0n) is 16.8. The molecule has 0 unspecified atom stereocenters. The molecule has 0 fully saturated rings. The van der Waals surface area contributed by atoms with Gasteiger partial charge in [-0.05, 0) is 68.4 Å². The van der Waals surface area contributed by atoms with Crippen LogP contribution in [0, 0.1) is 0 Å². The highest BCUT2D eigenvalue weighted by molar-refractivity contribution is 14.1. The van der Waals surface area contributed by atoms with Crippen LogP contribution in [0.4, 0.5) is 0 Å². The topological polar surface area (TPSA) is 18.5 Å². The second-order valence-corrected chi connectivity index (χ2v) is 19.2. The van der Waals surface area contributed by atoms with Crippen molar-refractivity contribution in [3.63, 3.8) is 0 Å². The van der Waals surface area contributed by atoms with E-state index in [0.29, 0.717) is 0 Å². The van der Waals surface area contributed by atoms with E-state index in [9.17, 15) is 0 Å². The standard InChI is InChI=1S/C18H39IO2Si2/c1-16(20-23(8,9)18(2,3)4)17(21-22(5,6)7)14-12-10-11-13-15-19/h10,12,16-17H,11,13-15H2,1-9H3/b12-10-/t16-,17+/m1/s1. The normalized spacial score (nSPS) is 16.8. The first kappa shape index (κ1) is 23.8. The molecule has 0 aromatic rings. The first-order valence-electron chi connectivity index (χ1n) is 8.87. The van der Waals surface area contributed by atoms with Crippen LogP contribution >= 0.6 is 22.6 Å². The molecule has 0 rings (SSSR count). The lowest BCUT2D eigenvalue weighted by Gasteiger charge is -2.41. The van der Waals surface area contributed by atoms with Crippen LogP contribution in [-0.2, 0) is 8.85 Å². The molecular weight excluding hydrogens is 431 g/mol. The molecule has 0 spiro atoms. The molecule has 0 aromatic heterocycles. The predicted molar refractivity (Wildman–Crippen MR) is 118 cm³/mol. The van der Waals surface area contributed by atoms with Crippen LogP contribution < -0.4 is 0 Å². The van der Waals surface area contributed by atoms with Gasteiger partial charge in [0.15, 0.2) is 16.6 Å². The first-order chi connectivity index (χ1) is 10.3. The number of unbranched alkanes of at least 4 members (excludes halogenated alkanes) is 1. The molecule has 0 heterocycles. The van der Waals surface area contributed by atoms with Crippen molar-refractivity contribution in [1.82, 2.24) is 0 Å². The van der Waals surface area contributed by atoms with Gasteiger partial charge in [-0.1, -0.05) is 55.5 Å². The molecule has 0 saturated carbocycles. The molecule has 0 aliphatic rings. The molecule has 23 heavy (non-hydrogen) atoms. The molecule has 0 aliphatic carbocycles. The maximum Gasteiger partial charge on any atom is 0.192 e. The average molecular weight is 471 g/mol. The predicted octanol–water partition coefficient (Wildman–Crippen LogP) is 6.78. The number of rotatable bonds is 10.